The van der Waals surface area contributed by atoms with Gasteiger partial charge in [0.25, 0.3) is 0 Å². The molecule has 0 heterocycles. The van der Waals surface area contributed by atoms with Crippen LogP contribution in [0.2, 0.25) is 0 Å². The second-order valence-electron chi connectivity index (χ2n) is 5.69. The van der Waals surface area contributed by atoms with Crippen LogP contribution in [0.25, 0.3) is 0 Å². The molecule has 1 rings (SSSR count). The number of nitrogens with one attached hydrogen (secondary N) is 1. The van der Waals surface area contributed by atoms with Gasteiger partial charge in [0.2, 0.25) is 0 Å². The maximum absolute atomic E-state index is 11.9. The minimum atomic E-state index is -0.186. The zero-order valence-corrected chi connectivity index (χ0v) is 12.8. The van der Waals surface area contributed by atoms with E-state index in [-0.39, 0.29) is 17.4 Å². The number of carbonyl (C=O) groups excluding carboxylic acids is 1. The number of hydrogen-bond acceptors (Lipinski definition) is 4. The van der Waals surface area contributed by atoms with Crippen LogP contribution in [-0.4, -0.2) is 31.8 Å². The van der Waals surface area contributed by atoms with Gasteiger partial charge in [0, 0.05) is 19.2 Å². The quantitative estimate of drug-likeness (QED) is 0.742. The van der Waals surface area contributed by atoms with Gasteiger partial charge in [-0.2, -0.15) is 0 Å². The molecular weight excluding hydrogens is 254 g/mol. The lowest BCUT2D eigenvalue weighted by molar-refractivity contribution is -0.149. The Bertz CT molecular complexity index is 403. The summed E-state index contributed by atoms with van der Waals surface area (Å²) in [6, 6.07) is 9.69. The first kappa shape index (κ1) is 16.7. The van der Waals surface area contributed by atoms with Crippen LogP contribution in [0.3, 0.4) is 0 Å². The third-order valence-corrected chi connectivity index (χ3v) is 3.02. The van der Waals surface area contributed by atoms with Gasteiger partial charge in [-0.05, 0) is 19.4 Å². The monoisotopic (exact) mass is 279 g/mol. The van der Waals surface area contributed by atoms with E-state index in [2.05, 4.69) is 5.32 Å². The van der Waals surface area contributed by atoms with Crippen molar-refractivity contribution < 1.29 is 14.3 Å². The van der Waals surface area contributed by atoms with Crippen LogP contribution in [0.4, 0.5) is 0 Å². The van der Waals surface area contributed by atoms with Crippen LogP contribution >= 0.6 is 0 Å². The minimum Gasteiger partial charge on any atom is -0.461 e. The first-order chi connectivity index (χ1) is 9.44. The van der Waals surface area contributed by atoms with E-state index in [1.165, 1.54) is 0 Å². The lowest BCUT2D eigenvalue weighted by atomic mass is 10.1. The molecule has 0 spiro atoms. The van der Waals surface area contributed by atoms with Crippen molar-refractivity contribution in [3.63, 3.8) is 0 Å². The zero-order valence-electron chi connectivity index (χ0n) is 12.8. The van der Waals surface area contributed by atoms with E-state index in [1.807, 2.05) is 51.1 Å². The predicted octanol–water partition coefficient (Wildman–Crippen LogP) is 2.38. The Morgan fingerprint density at radius 2 is 1.95 bits per heavy atom. The number of carbonyl (C=O) groups is 1. The SMILES string of the molecule is COCC(C)(C)NCC(C)C(=O)OCc1ccccc1. The van der Waals surface area contributed by atoms with Crippen LogP contribution in [0, 0.1) is 5.92 Å². The maximum atomic E-state index is 11.9. The van der Waals surface area contributed by atoms with Crippen LogP contribution in [0.15, 0.2) is 30.3 Å². The average Bonchev–Trinajstić information content (AvgIpc) is 2.43. The van der Waals surface area contributed by atoms with Crippen LogP contribution in [0.5, 0.6) is 0 Å². The van der Waals surface area contributed by atoms with Crippen LogP contribution in [-0.2, 0) is 20.9 Å². The molecule has 1 N–H and O–H groups in total. The molecule has 0 bridgehead atoms. The fraction of sp³-hybridized carbons (Fsp3) is 0.562. The van der Waals surface area contributed by atoms with E-state index < -0.39 is 0 Å². The molecule has 112 valence electrons. The second kappa shape index (κ2) is 8.02. The summed E-state index contributed by atoms with van der Waals surface area (Å²) in [5.74, 6) is -0.371. The summed E-state index contributed by atoms with van der Waals surface area (Å²) in [6.45, 7) is 7.44. The maximum Gasteiger partial charge on any atom is 0.310 e. The summed E-state index contributed by atoms with van der Waals surface area (Å²) in [5.41, 5.74) is 0.851. The second-order valence-corrected chi connectivity index (χ2v) is 5.69. The highest BCUT2D eigenvalue weighted by molar-refractivity contribution is 5.72. The molecule has 0 aromatic heterocycles. The summed E-state index contributed by atoms with van der Waals surface area (Å²) in [4.78, 5) is 11.9. The summed E-state index contributed by atoms with van der Waals surface area (Å²) in [6.07, 6.45) is 0. The van der Waals surface area contributed by atoms with Crippen molar-refractivity contribution in [2.24, 2.45) is 5.92 Å². The first-order valence-electron chi connectivity index (χ1n) is 6.89. The summed E-state index contributed by atoms with van der Waals surface area (Å²) in [5, 5.41) is 3.31. The summed E-state index contributed by atoms with van der Waals surface area (Å²) < 4.78 is 10.4. The van der Waals surface area contributed by atoms with E-state index in [1.54, 1.807) is 7.11 Å². The largest absolute Gasteiger partial charge is 0.461 e. The third kappa shape index (κ3) is 6.17. The van der Waals surface area contributed by atoms with Gasteiger partial charge in [-0.1, -0.05) is 37.3 Å². The van der Waals surface area contributed by atoms with Crippen LogP contribution < -0.4 is 5.32 Å². The topological polar surface area (TPSA) is 47.6 Å². The molecule has 0 saturated carbocycles. The molecule has 1 aromatic carbocycles. The van der Waals surface area contributed by atoms with Crippen LogP contribution in [0.1, 0.15) is 26.3 Å². The van der Waals surface area contributed by atoms with Gasteiger partial charge < -0.3 is 14.8 Å². The van der Waals surface area contributed by atoms with E-state index in [0.717, 1.165) is 5.56 Å². The van der Waals surface area contributed by atoms with Crippen molar-refractivity contribution in [1.29, 1.82) is 0 Å². The molecule has 0 aliphatic heterocycles. The van der Waals surface area contributed by atoms with E-state index >= 15 is 0 Å². The lowest BCUT2D eigenvalue weighted by Gasteiger charge is -2.26. The molecule has 4 nitrogen and oxygen atoms in total. The number of methoxy groups -OCH3 is 1. The minimum absolute atomic E-state index is 0.150. The molecule has 0 aliphatic carbocycles. The Morgan fingerprint density at radius 1 is 1.30 bits per heavy atom. The molecule has 0 radical (unpaired) electrons. The Labute approximate surface area is 121 Å². The Morgan fingerprint density at radius 3 is 2.55 bits per heavy atom. The van der Waals surface area contributed by atoms with Gasteiger partial charge >= 0.3 is 5.97 Å². The van der Waals surface area contributed by atoms with Crippen molar-refractivity contribution >= 4 is 5.97 Å². The molecule has 0 amide bonds. The van der Waals surface area contributed by atoms with E-state index in [9.17, 15) is 4.79 Å². The summed E-state index contributed by atoms with van der Waals surface area (Å²) in [7, 11) is 1.67. The normalized spacial score (nSPS) is 13.0. The van der Waals surface area contributed by atoms with Crippen molar-refractivity contribution in [3.8, 4) is 0 Å². The molecule has 0 fully saturated rings. The van der Waals surface area contributed by atoms with Gasteiger partial charge in [0.05, 0.1) is 12.5 Å². The van der Waals surface area contributed by atoms with Crippen molar-refractivity contribution in [2.75, 3.05) is 20.3 Å². The highest BCUT2D eigenvalue weighted by atomic mass is 16.5. The third-order valence-electron chi connectivity index (χ3n) is 3.02. The molecule has 1 atom stereocenters. The molecular formula is C16H25NO3. The number of esters is 1. The first-order valence-corrected chi connectivity index (χ1v) is 6.89. The highest BCUT2D eigenvalue weighted by Crippen LogP contribution is 2.07. The van der Waals surface area contributed by atoms with Crippen molar-refractivity contribution in [1.82, 2.24) is 5.32 Å². The number of ether oxygens (including phenoxy) is 2. The highest BCUT2D eigenvalue weighted by Gasteiger charge is 2.21. The number of rotatable bonds is 8. The predicted molar refractivity (Wildman–Crippen MR) is 79.4 cm³/mol. The fourth-order valence-electron chi connectivity index (χ4n) is 1.80. The van der Waals surface area contributed by atoms with Gasteiger partial charge in [0.15, 0.2) is 0 Å². The molecule has 0 aliphatic rings. The Kier molecular flexibility index (Phi) is 6.68. The van der Waals surface area contributed by atoms with Gasteiger partial charge in [-0.15, -0.1) is 0 Å². The smallest absolute Gasteiger partial charge is 0.310 e. The number of hydrogen-bond donors (Lipinski definition) is 1. The van der Waals surface area contributed by atoms with E-state index in [0.29, 0.717) is 19.8 Å². The fourth-order valence-corrected chi connectivity index (χ4v) is 1.80. The molecule has 1 unspecified atom stereocenters. The average molecular weight is 279 g/mol. The Hall–Kier alpha value is -1.39. The van der Waals surface area contributed by atoms with Gasteiger partial charge in [-0.25, -0.2) is 0 Å². The molecule has 0 saturated heterocycles. The van der Waals surface area contributed by atoms with Gasteiger partial charge in [0.1, 0.15) is 6.61 Å². The molecule has 4 heteroatoms. The molecule has 20 heavy (non-hydrogen) atoms. The Balaban J connectivity index is 2.32. The van der Waals surface area contributed by atoms with Gasteiger partial charge in [-0.3, -0.25) is 4.79 Å². The number of benzene rings is 1. The standard InChI is InChI=1S/C16H25NO3/c1-13(10-17-16(2,3)12-19-4)15(18)20-11-14-8-6-5-7-9-14/h5-9,13,17H,10-12H2,1-4H3. The van der Waals surface area contributed by atoms with Crippen molar-refractivity contribution in [2.45, 2.75) is 32.9 Å². The zero-order chi connectivity index (χ0) is 15.0. The van der Waals surface area contributed by atoms with E-state index in [4.69, 9.17) is 9.47 Å². The lowest BCUT2D eigenvalue weighted by Crippen LogP contribution is -2.46. The molecule has 1 aromatic rings. The van der Waals surface area contributed by atoms with Crippen molar-refractivity contribution in [3.05, 3.63) is 35.9 Å². The summed E-state index contributed by atoms with van der Waals surface area (Å²) >= 11 is 0.